The summed E-state index contributed by atoms with van der Waals surface area (Å²) in [5, 5.41) is 8.59. The van der Waals surface area contributed by atoms with E-state index in [-0.39, 0.29) is 0 Å². The minimum atomic E-state index is 0.392. The summed E-state index contributed by atoms with van der Waals surface area (Å²) in [5.41, 5.74) is 7.77. The van der Waals surface area contributed by atoms with Crippen LogP contribution in [0.15, 0.2) is 78.9 Å². The number of nitrogens with one attached hydrogen (secondary N) is 1. The Balaban J connectivity index is 1.45. The van der Waals surface area contributed by atoms with Crippen LogP contribution in [0.3, 0.4) is 0 Å². The molecule has 3 heterocycles. The quantitative estimate of drug-likeness (QED) is 0.212. The lowest BCUT2D eigenvalue weighted by Crippen LogP contribution is -2.15. The molecule has 2 aromatic heterocycles. The van der Waals surface area contributed by atoms with Gasteiger partial charge >= 0.3 is 0 Å². The third-order valence-electron chi connectivity index (χ3n) is 7.15. The van der Waals surface area contributed by atoms with Gasteiger partial charge in [0.25, 0.3) is 0 Å². The molecule has 0 unspecified atom stereocenters. The number of hydrogen-bond acceptors (Lipinski definition) is 4. The molecule has 0 radical (unpaired) electrons. The number of ether oxygens (including phenoxy) is 2. The van der Waals surface area contributed by atoms with Crippen LogP contribution in [-0.4, -0.2) is 25.8 Å². The molecule has 39 heavy (non-hydrogen) atoms. The molecule has 6 nitrogen and oxygen atoms in total. The summed E-state index contributed by atoms with van der Waals surface area (Å²) in [6, 6.07) is 26.5. The summed E-state index contributed by atoms with van der Waals surface area (Å²) < 4.78 is 16.1. The predicted octanol–water partition coefficient (Wildman–Crippen LogP) is 7.21. The second kappa shape index (κ2) is 10.9. The number of rotatable bonds is 8. The lowest BCUT2D eigenvalue weighted by molar-refractivity contribution is 0.288. The lowest BCUT2D eigenvalue weighted by atomic mass is 9.97. The van der Waals surface area contributed by atoms with Crippen LogP contribution in [0.5, 0.6) is 11.5 Å². The number of para-hydroxylation sites is 1. The highest BCUT2D eigenvalue weighted by Crippen LogP contribution is 2.37. The molecule has 0 saturated carbocycles. The average molecular weight is 537 g/mol. The Hall–Kier alpha value is -4.10. The van der Waals surface area contributed by atoms with Crippen molar-refractivity contribution in [3.05, 3.63) is 102 Å². The molecule has 1 aliphatic heterocycles. The van der Waals surface area contributed by atoms with Gasteiger partial charge in [-0.15, -0.1) is 5.10 Å². The van der Waals surface area contributed by atoms with Crippen molar-refractivity contribution in [3.8, 4) is 22.6 Å². The van der Waals surface area contributed by atoms with Crippen molar-refractivity contribution in [2.24, 2.45) is 0 Å². The Labute approximate surface area is 234 Å². The van der Waals surface area contributed by atoms with Crippen molar-refractivity contribution in [3.63, 3.8) is 0 Å². The highest BCUT2D eigenvalue weighted by atomic mass is 32.1. The van der Waals surface area contributed by atoms with E-state index in [2.05, 4.69) is 41.1 Å². The number of nitrogens with zero attached hydrogens (tertiary/aromatic N) is 3. The molecule has 1 aliphatic rings. The fourth-order valence-corrected chi connectivity index (χ4v) is 5.61. The molecule has 6 rings (SSSR count). The summed E-state index contributed by atoms with van der Waals surface area (Å²) in [7, 11) is 0. The molecule has 0 aliphatic carbocycles. The molecular weight excluding hydrogens is 504 g/mol. The highest BCUT2D eigenvalue weighted by Gasteiger charge is 2.29. The zero-order chi connectivity index (χ0) is 26.8. The maximum atomic E-state index is 6.14. The maximum Gasteiger partial charge on any atom is 0.169 e. The van der Waals surface area contributed by atoms with E-state index < -0.39 is 0 Å². The van der Waals surface area contributed by atoms with Crippen LogP contribution >= 0.6 is 12.2 Å². The smallest absolute Gasteiger partial charge is 0.169 e. The first-order chi connectivity index (χ1) is 19.1. The van der Waals surface area contributed by atoms with E-state index in [1.165, 1.54) is 11.1 Å². The highest BCUT2D eigenvalue weighted by molar-refractivity contribution is 7.81. The van der Waals surface area contributed by atoms with Gasteiger partial charge < -0.3 is 19.4 Å². The Morgan fingerprint density at radius 1 is 0.923 bits per heavy atom. The molecule has 0 fully saturated rings. The maximum absolute atomic E-state index is 6.14. The van der Waals surface area contributed by atoms with Crippen LogP contribution in [-0.2, 0) is 19.6 Å². The molecule has 0 bridgehead atoms. The number of thiocarbonyl (C=S) groups is 1. The van der Waals surface area contributed by atoms with Gasteiger partial charge in [0.2, 0.25) is 0 Å². The molecular formula is C32H32N4O2S. The van der Waals surface area contributed by atoms with Crippen molar-refractivity contribution in [1.29, 1.82) is 0 Å². The van der Waals surface area contributed by atoms with Crippen LogP contribution in [0, 0.1) is 6.92 Å². The monoisotopic (exact) mass is 536 g/mol. The lowest BCUT2D eigenvalue weighted by Gasteiger charge is -2.12. The van der Waals surface area contributed by atoms with Crippen molar-refractivity contribution in [2.45, 2.75) is 46.3 Å². The summed E-state index contributed by atoms with van der Waals surface area (Å²) in [6.45, 7) is 6.03. The second-order valence-corrected chi connectivity index (χ2v) is 10.3. The predicted molar refractivity (Wildman–Crippen MR) is 160 cm³/mol. The largest absolute Gasteiger partial charge is 0.494 e. The third-order valence-corrected chi connectivity index (χ3v) is 7.45. The molecule has 0 amide bonds. The number of benzene rings is 3. The van der Waals surface area contributed by atoms with Gasteiger partial charge in [0.15, 0.2) is 5.82 Å². The molecule has 7 heteroatoms. The van der Waals surface area contributed by atoms with E-state index in [4.69, 9.17) is 26.8 Å². The van der Waals surface area contributed by atoms with E-state index in [1.54, 1.807) is 0 Å². The summed E-state index contributed by atoms with van der Waals surface area (Å²) in [4.78, 5) is 0.636. The first kappa shape index (κ1) is 25.2. The Morgan fingerprint density at radius 3 is 2.41 bits per heavy atom. The van der Waals surface area contributed by atoms with Gasteiger partial charge in [0.05, 0.1) is 6.61 Å². The van der Waals surface area contributed by atoms with E-state index in [0.717, 1.165) is 71.3 Å². The fourth-order valence-electron chi connectivity index (χ4n) is 5.31. The summed E-state index contributed by atoms with van der Waals surface area (Å²) in [6.07, 6.45) is 3.18. The van der Waals surface area contributed by atoms with E-state index >= 15 is 0 Å². The average Bonchev–Trinajstić information content (AvgIpc) is 3.36. The van der Waals surface area contributed by atoms with Gasteiger partial charge in [-0.25, -0.2) is 4.52 Å². The number of anilines is 1. The first-order valence-corrected chi connectivity index (χ1v) is 13.9. The zero-order valence-electron chi connectivity index (χ0n) is 22.3. The Kier molecular flexibility index (Phi) is 7.07. The molecule has 0 atom stereocenters. The van der Waals surface area contributed by atoms with Crippen molar-refractivity contribution in [2.75, 3.05) is 11.9 Å². The van der Waals surface area contributed by atoms with E-state index in [1.807, 2.05) is 66.0 Å². The van der Waals surface area contributed by atoms with Crippen molar-refractivity contribution >= 4 is 28.5 Å². The van der Waals surface area contributed by atoms with Gasteiger partial charge in [-0.3, -0.25) is 0 Å². The number of aryl methyl sites for hydroxylation is 3. The first-order valence-electron chi connectivity index (χ1n) is 13.5. The summed E-state index contributed by atoms with van der Waals surface area (Å²) in [5.74, 6) is 2.57. The van der Waals surface area contributed by atoms with Crippen molar-refractivity contribution < 1.29 is 9.47 Å². The SMILES string of the molecule is CCOc1ccc(NC(=S)c2c(-c3ccc(C)cc3)c3c4n(c(COc5ccccc5)nn24)CCCC3)cc1. The van der Waals surface area contributed by atoms with Gasteiger partial charge in [-0.05, 0) is 75.1 Å². The molecule has 0 saturated heterocycles. The molecule has 0 spiro atoms. The van der Waals surface area contributed by atoms with Crippen LogP contribution < -0.4 is 14.8 Å². The van der Waals surface area contributed by atoms with Gasteiger partial charge in [-0.1, -0.05) is 60.2 Å². The summed E-state index contributed by atoms with van der Waals surface area (Å²) >= 11 is 6.09. The van der Waals surface area contributed by atoms with E-state index in [0.29, 0.717) is 18.2 Å². The zero-order valence-corrected chi connectivity index (χ0v) is 23.1. The molecule has 3 aromatic carbocycles. The van der Waals surface area contributed by atoms with Crippen LogP contribution in [0.25, 0.3) is 16.8 Å². The molecule has 1 N–H and O–H groups in total. The van der Waals surface area contributed by atoms with Crippen LogP contribution in [0.1, 0.15) is 42.4 Å². The second-order valence-electron chi connectivity index (χ2n) is 9.84. The molecule has 5 aromatic rings. The minimum absolute atomic E-state index is 0.392. The minimum Gasteiger partial charge on any atom is -0.494 e. The Bertz CT molecular complexity index is 1600. The van der Waals surface area contributed by atoms with E-state index in [9.17, 15) is 0 Å². The standard InChI is InChI=1S/C32H32N4O2S/c1-3-37-26-18-16-24(17-19-26)33-31(39)30-29(23-14-12-22(2)13-15-23)27-11-7-8-20-35-28(34-36(30)32(27)35)21-38-25-9-5-4-6-10-25/h4-6,9-10,12-19H,3,7-8,11,20-21H2,1-2H3,(H,33,39). The number of hydrogen-bond donors (Lipinski definition) is 1. The fraction of sp³-hybridized carbons (Fsp3) is 0.250. The normalized spacial score (nSPS) is 12.8. The van der Waals surface area contributed by atoms with Crippen molar-refractivity contribution in [1.82, 2.24) is 14.2 Å². The third kappa shape index (κ3) is 5.02. The topological polar surface area (TPSA) is 52.7 Å². The van der Waals surface area contributed by atoms with Gasteiger partial charge in [0, 0.05) is 23.4 Å². The Morgan fingerprint density at radius 2 is 1.67 bits per heavy atom. The number of aromatic nitrogens is 3. The van der Waals surface area contributed by atoms with Crippen LogP contribution in [0.4, 0.5) is 5.69 Å². The van der Waals surface area contributed by atoms with Gasteiger partial charge in [-0.2, -0.15) is 0 Å². The molecule has 198 valence electrons. The van der Waals surface area contributed by atoms with Gasteiger partial charge in [0.1, 0.15) is 34.4 Å². The van der Waals surface area contributed by atoms with Crippen LogP contribution in [0.2, 0.25) is 0 Å².